The number of hydrogen-bond donors (Lipinski definition) is 2. The SMILES string of the molecule is CCC(CCc1ccc([N+](=O)[O-])s1)Nc1nc(C)nc(NC(C)=O)n1. The minimum absolute atomic E-state index is 0.105. The van der Waals surface area contributed by atoms with Crippen molar-refractivity contribution in [2.75, 3.05) is 10.6 Å². The number of rotatable bonds is 8. The van der Waals surface area contributed by atoms with Crippen LogP contribution in [-0.4, -0.2) is 31.8 Å². The molecule has 0 saturated heterocycles. The third kappa shape index (κ3) is 5.75. The van der Waals surface area contributed by atoms with Crippen molar-refractivity contribution in [1.29, 1.82) is 0 Å². The van der Waals surface area contributed by atoms with Crippen LogP contribution in [0, 0.1) is 17.0 Å². The maximum absolute atomic E-state index is 11.1. The largest absolute Gasteiger partial charge is 0.351 e. The zero-order valence-electron chi connectivity index (χ0n) is 14.3. The van der Waals surface area contributed by atoms with E-state index in [4.69, 9.17) is 0 Å². The van der Waals surface area contributed by atoms with Gasteiger partial charge >= 0.3 is 5.00 Å². The Balaban J connectivity index is 1.99. The number of nitrogens with one attached hydrogen (secondary N) is 2. The van der Waals surface area contributed by atoms with Gasteiger partial charge in [-0.2, -0.15) is 15.0 Å². The van der Waals surface area contributed by atoms with E-state index in [-0.39, 0.29) is 27.8 Å². The molecule has 0 saturated carbocycles. The van der Waals surface area contributed by atoms with Gasteiger partial charge in [0, 0.05) is 23.9 Å². The molecule has 2 rings (SSSR count). The van der Waals surface area contributed by atoms with Crippen molar-refractivity contribution in [2.45, 2.75) is 46.1 Å². The van der Waals surface area contributed by atoms with Crippen molar-refractivity contribution in [1.82, 2.24) is 15.0 Å². The smallest absolute Gasteiger partial charge is 0.324 e. The molecule has 0 spiro atoms. The molecule has 1 unspecified atom stereocenters. The van der Waals surface area contributed by atoms with Crippen molar-refractivity contribution < 1.29 is 9.72 Å². The lowest BCUT2D eigenvalue weighted by Crippen LogP contribution is -2.22. The molecule has 2 aromatic rings. The van der Waals surface area contributed by atoms with Crippen LogP contribution in [0.2, 0.25) is 0 Å². The molecule has 2 heterocycles. The van der Waals surface area contributed by atoms with Crippen molar-refractivity contribution in [3.63, 3.8) is 0 Å². The van der Waals surface area contributed by atoms with E-state index in [9.17, 15) is 14.9 Å². The fraction of sp³-hybridized carbons (Fsp3) is 0.467. The van der Waals surface area contributed by atoms with Gasteiger partial charge in [-0.3, -0.25) is 20.2 Å². The zero-order valence-corrected chi connectivity index (χ0v) is 15.1. The summed E-state index contributed by atoms with van der Waals surface area (Å²) in [6.45, 7) is 5.16. The van der Waals surface area contributed by atoms with Gasteiger partial charge in [0.05, 0.1) is 4.92 Å². The fourth-order valence-electron chi connectivity index (χ4n) is 2.24. The van der Waals surface area contributed by atoms with Crippen molar-refractivity contribution in [2.24, 2.45) is 0 Å². The van der Waals surface area contributed by atoms with Gasteiger partial charge in [0.15, 0.2) is 0 Å². The lowest BCUT2D eigenvalue weighted by Gasteiger charge is -2.17. The molecule has 0 bridgehead atoms. The number of carbonyl (C=O) groups excluding carboxylic acids is 1. The van der Waals surface area contributed by atoms with E-state index in [2.05, 4.69) is 25.6 Å². The Morgan fingerprint density at radius 1 is 1.32 bits per heavy atom. The molecule has 2 N–H and O–H groups in total. The first-order valence-corrected chi connectivity index (χ1v) is 8.69. The number of nitro groups is 1. The summed E-state index contributed by atoms with van der Waals surface area (Å²) < 4.78 is 0. The molecule has 134 valence electrons. The summed E-state index contributed by atoms with van der Waals surface area (Å²) in [7, 11) is 0. The maximum Gasteiger partial charge on any atom is 0.324 e. The third-order valence-electron chi connectivity index (χ3n) is 3.43. The predicted octanol–water partition coefficient (Wildman–Crippen LogP) is 2.93. The second kappa shape index (κ2) is 8.47. The van der Waals surface area contributed by atoms with Crippen molar-refractivity contribution >= 4 is 34.1 Å². The highest BCUT2D eigenvalue weighted by atomic mass is 32.1. The molecular formula is C15H20N6O3S. The minimum Gasteiger partial charge on any atom is -0.351 e. The number of aryl methyl sites for hydroxylation is 2. The van der Waals surface area contributed by atoms with E-state index >= 15 is 0 Å². The molecule has 9 nitrogen and oxygen atoms in total. The molecule has 1 atom stereocenters. The van der Waals surface area contributed by atoms with Gasteiger partial charge in [0.1, 0.15) is 5.82 Å². The lowest BCUT2D eigenvalue weighted by molar-refractivity contribution is -0.380. The highest BCUT2D eigenvalue weighted by Gasteiger charge is 2.14. The number of amides is 1. The first kappa shape index (κ1) is 18.7. The van der Waals surface area contributed by atoms with Crippen LogP contribution in [0.4, 0.5) is 16.9 Å². The average Bonchev–Trinajstić information content (AvgIpc) is 2.99. The Morgan fingerprint density at radius 3 is 2.64 bits per heavy atom. The summed E-state index contributed by atoms with van der Waals surface area (Å²) in [6, 6.07) is 3.43. The van der Waals surface area contributed by atoms with Gasteiger partial charge in [-0.15, -0.1) is 0 Å². The number of aromatic nitrogens is 3. The van der Waals surface area contributed by atoms with Gasteiger partial charge in [0.25, 0.3) is 0 Å². The summed E-state index contributed by atoms with van der Waals surface area (Å²) in [6.07, 6.45) is 2.36. The molecule has 1 amide bonds. The first-order chi connectivity index (χ1) is 11.9. The molecule has 2 aromatic heterocycles. The van der Waals surface area contributed by atoms with Crippen LogP contribution in [0.25, 0.3) is 0 Å². The molecule has 0 aromatic carbocycles. The van der Waals surface area contributed by atoms with Crippen LogP contribution in [0.5, 0.6) is 0 Å². The second-order valence-electron chi connectivity index (χ2n) is 5.50. The molecular weight excluding hydrogens is 344 g/mol. The van der Waals surface area contributed by atoms with E-state index in [1.807, 2.05) is 6.92 Å². The monoisotopic (exact) mass is 364 g/mol. The molecule has 0 aliphatic heterocycles. The number of nitrogens with zero attached hydrogens (tertiary/aromatic N) is 4. The van der Waals surface area contributed by atoms with Crippen molar-refractivity contribution in [3.8, 4) is 0 Å². The summed E-state index contributed by atoms with van der Waals surface area (Å²) in [5.74, 6) is 0.874. The van der Waals surface area contributed by atoms with Crippen molar-refractivity contribution in [3.05, 3.63) is 32.9 Å². The Labute approximate surface area is 149 Å². The Morgan fingerprint density at radius 2 is 2.04 bits per heavy atom. The van der Waals surface area contributed by atoms with E-state index in [1.165, 1.54) is 24.3 Å². The highest BCUT2D eigenvalue weighted by molar-refractivity contribution is 7.15. The van der Waals surface area contributed by atoms with Crippen LogP contribution in [0.3, 0.4) is 0 Å². The van der Waals surface area contributed by atoms with Crippen LogP contribution < -0.4 is 10.6 Å². The van der Waals surface area contributed by atoms with Gasteiger partial charge in [-0.1, -0.05) is 18.3 Å². The Kier molecular flexibility index (Phi) is 6.34. The van der Waals surface area contributed by atoms with E-state index in [1.54, 1.807) is 13.0 Å². The lowest BCUT2D eigenvalue weighted by atomic mass is 10.1. The summed E-state index contributed by atoms with van der Waals surface area (Å²) in [4.78, 5) is 35.0. The van der Waals surface area contributed by atoms with Gasteiger partial charge in [-0.05, 0) is 32.3 Å². The number of carbonyl (C=O) groups is 1. The molecule has 0 aliphatic rings. The normalized spacial score (nSPS) is 11.8. The molecule has 10 heteroatoms. The summed E-state index contributed by atoms with van der Waals surface area (Å²) >= 11 is 1.20. The Hall–Kier alpha value is -2.62. The van der Waals surface area contributed by atoms with Crippen LogP contribution in [-0.2, 0) is 11.2 Å². The minimum atomic E-state index is -0.374. The van der Waals surface area contributed by atoms with E-state index in [0.29, 0.717) is 11.8 Å². The molecule has 0 radical (unpaired) electrons. The molecule has 25 heavy (non-hydrogen) atoms. The standard InChI is InChI=1S/C15H20N6O3S/c1-4-11(5-6-12-7-8-13(25-12)21(23)24)19-15-17-9(2)16-14(20-15)18-10(3)22/h7-8,11H,4-6H2,1-3H3,(H2,16,17,18,19,20,22). The summed E-state index contributed by atoms with van der Waals surface area (Å²) in [5.41, 5.74) is 0. The van der Waals surface area contributed by atoms with Crippen LogP contribution >= 0.6 is 11.3 Å². The van der Waals surface area contributed by atoms with Gasteiger partial charge < -0.3 is 5.32 Å². The quantitative estimate of drug-likeness (QED) is 0.545. The fourth-order valence-corrected chi connectivity index (χ4v) is 3.07. The maximum atomic E-state index is 11.1. The van der Waals surface area contributed by atoms with E-state index < -0.39 is 0 Å². The Bertz CT molecular complexity index is 763. The molecule has 0 fully saturated rings. The van der Waals surface area contributed by atoms with Gasteiger partial charge in [-0.25, -0.2) is 0 Å². The van der Waals surface area contributed by atoms with Crippen LogP contribution in [0.15, 0.2) is 12.1 Å². The second-order valence-corrected chi connectivity index (χ2v) is 6.64. The first-order valence-electron chi connectivity index (χ1n) is 7.87. The average molecular weight is 364 g/mol. The number of hydrogen-bond acceptors (Lipinski definition) is 8. The van der Waals surface area contributed by atoms with Crippen LogP contribution in [0.1, 0.15) is 37.4 Å². The molecule has 0 aliphatic carbocycles. The zero-order chi connectivity index (χ0) is 18.4. The number of thiophene rings is 1. The third-order valence-corrected chi connectivity index (χ3v) is 4.52. The topological polar surface area (TPSA) is 123 Å². The summed E-state index contributed by atoms with van der Waals surface area (Å²) in [5, 5.41) is 16.7. The number of anilines is 2. The predicted molar refractivity (Wildman–Crippen MR) is 95.9 cm³/mol. The highest BCUT2D eigenvalue weighted by Crippen LogP contribution is 2.25. The van der Waals surface area contributed by atoms with E-state index in [0.717, 1.165) is 24.1 Å². The van der Waals surface area contributed by atoms with Gasteiger partial charge in [0.2, 0.25) is 17.8 Å².